The van der Waals surface area contributed by atoms with Crippen LogP contribution >= 0.6 is 11.6 Å². The first-order chi connectivity index (χ1) is 13.6. The van der Waals surface area contributed by atoms with Crippen LogP contribution in [0.3, 0.4) is 0 Å². The van der Waals surface area contributed by atoms with Gasteiger partial charge in [-0.2, -0.15) is 5.10 Å². The highest BCUT2D eigenvalue weighted by molar-refractivity contribution is 6.30. The third-order valence-electron chi connectivity index (χ3n) is 4.16. The lowest BCUT2D eigenvalue weighted by Crippen LogP contribution is -2.39. The number of halogens is 1. The number of aromatic nitrogens is 2. The van der Waals surface area contributed by atoms with E-state index in [4.69, 9.17) is 16.3 Å². The van der Waals surface area contributed by atoms with Crippen LogP contribution in [0.4, 0.5) is 4.79 Å². The molecule has 28 heavy (non-hydrogen) atoms. The molecule has 0 radical (unpaired) electrons. The largest absolute Gasteiger partial charge is 0.492 e. The molecule has 2 aromatic carbocycles. The Hall–Kier alpha value is -2.99. The summed E-state index contributed by atoms with van der Waals surface area (Å²) in [5, 5.41) is 7.86. The minimum atomic E-state index is -0.162. The van der Waals surface area contributed by atoms with Gasteiger partial charge in [-0.3, -0.25) is 4.68 Å². The molecule has 1 heterocycles. The molecule has 2 amide bonds. The molecule has 3 rings (SSSR count). The van der Waals surface area contributed by atoms with Gasteiger partial charge >= 0.3 is 6.03 Å². The van der Waals surface area contributed by atoms with Crippen LogP contribution in [0, 0.1) is 0 Å². The quantitative estimate of drug-likeness (QED) is 0.627. The number of amides is 2. The molecule has 0 atom stereocenters. The van der Waals surface area contributed by atoms with Crippen LogP contribution in [-0.4, -0.2) is 40.9 Å². The predicted octanol–water partition coefficient (Wildman–Crippen LogP) is 3.81. The first kappa shape index (κ1) is 19.8. The number of carbonyl (C=O) groups excluding carboxylic acids is 1. The van der Waals surface area contributed by atoms with Crippen molar-refractivity contribution in [3.8, 4) is 5.75 Å². The molecule has 0 aliphatic heterocycles. The summed E-state index contributed by atoms with van der Waals surface area (Å²) in [5.74, 6) is 0.687. The number of likely N-dealkylation sites (N-methyl/N-ethyl adjacent to an activating group) is 1. The zero-order valence-corrected chi connectivity index (χ0v) is 16.5. The van der Waals surface area contributed by atoms with Crippen LogP contribution in [0.5, 0.6) is 5.75 Å². The van der Waals surface area contributed by atoms with Gasteiger partial charge in [0.1, 0.15) is 12.4 Å². The van der Waals surface area contributed by atoms with Gasteiger partial charge in [0.25, 0.3) is 0 Å². The van der Waals surface area contributed by atoms with Crippen molar-refractivity contribution in [3.05, 3.63) is 83.1 Å². The Kier molecular flexibility index (Phi) is 6.92. The van der Waals surface area contributed by atoms with Gasteiger partial charge in [-0.15, -0.1) is 0 Å². The number of hydrogen-bond donors (Lipinski definition) is 1. The predicted molar refractivity (Wildman–Crippen MR) is 110 cm³/mol. The topological polar surface area (TPSA) is 59.4 Å². The second-order valence-corrected chi connectivity index (χ2v) is 6.85. The molecule has 7 heteroatoms. The Labute approximate surface area is 169 Å². The second-order valence-electron chi connectivity index (χ2n) is 6.42. The van der Waals surface area contributed by atoms with E-state index in [-0.39, 0.29) is 6.03 Å². The number of carbonyl (C=O) groups is 1. The number of rotatable bonds is 8. The summed E-state index contributed by atoms with van der Waals surface area (Å²) in [6.07, 6.45) is 3.71. The van der Waals surface area contributed by atoms with Gasteiger partial charge in [0.2, 0.25) is 0 Å². The molecule has 0 saturated carbocycles. The van der Waals surface area contributed by atoms with Gasteiger partial charge in [-0.1, -0.05) is 48.0 Å². The van der Waals surface area contributed by atoms with Gasteiger partial charge in [-0.05, 0) is 23.8 Å². The standard InChI is InChI=1S/C21H23ClN4O2/c1-25(10-11-28-20-9-5-8-19(22)12-20)21(27)23-13-18-14-24-26(16-18)15-17-6-3-2-4-7-17/h2-9,12,14,16H,10-11,13,15H2,1H3,(H,23,27). The summed E-state index contributed by atoms with van der Waals surface area (Å²) in [7, 11) is 1.73. The highest BCUT2D eigenvalue weighted by atomic mass is 35.5. The summed E-state index contributed by atoms with van der Waals surface area (Å²) < 4.78 is 7.47. The van der Waals surface area contributed by atoms with Crippen LogP contribution in [-0.2, 0) is 13.1 Å². The number of ether oxygens (including phenoxy) is 1. The van der Waals surface area contributed by atoms with Crippen molar-refractivity contribution < 1.29 is 9.53 Å². The van der Waals surface area contributed by atoms with Gasteiger partial charge in [-0.25, -0.2) is 4.79 Å². The zero-order chi connectivity index (χ0) is 19.8. The third kappa shape index (κ3) is 6.03. The minimum Gasteiger partial charge on any atom is -0.492 e. The molecule has 146 valence electrons. The molecule has 1 aromatic heterocycles. The van der Waals surface area contributed by atoms with Crippen molar-refractivity contribution in [1.82, 2.24) is 20.0 Å². The molecule has 0 saturated heterocycles. The van der Waals surface area contributed by atoms with Crippen LogP contribution in [0.1, 0.15) is 11.1 Å². The Morgan fingerprint density at radius 2 is 2.00 bits per heavy atom. The van der Waals surface area contributed by atoms with E-state index in [1.807, 2.05) is 41.2 Å². The lowest BCUT2D eigenvalue weighted by Gasteiger charge is -2.18. The van der Waals surface area contributed by atoms with Crippen molar-refractivity contribution in [2.45, 2.75) is 13.1 Å². The highest BCUT2D eigenvalue weighted by Gasteiger charge is 2.09. The van der Waals surface area contributed by atoms with Crippen molar-refractivity contribution in [1.29, 1.82) is 0 Å². The normalized spacial score (nSPS) is 10.5. The highest BCUT2D eigenvalue weighted by Crippen LogP contribution is 2.16. The number of benzene rings is 2. The van der Waals surface area contributed by atoms with E-state index in [2.05, 4.69) is 22.5 Å². The maximum atomic E-state index is 12.2. The molecule has 0 fully saturated rings. The second kappa shape index (κ2) is 9.80. The molecular formula is C21H23ClN4O2. The number of nitrogens with zero attached hydrogens (tertiary/aromatic N) is 3. The van der Waals surface area contributed by atoms with Gasteiger partial charge in [0.15, 0.2) is 0 Å². The van der Waals surface area contributed by atoms with E-state index >= 15 is 0 Å². The van der Waals surface area contributed by atoms with Gasteiger partial charge in [0, 0.05) is 30.4 Å². The van der Waals surface area contributed by atoms with Gasteiger partial charge in [0.05, 0.1) is 19.3 Å². The average molecular weight is 399 g/mol. The minimum absolute atomic E-state index is 0.162. The Balaban J connectivity index is 1.39. The molecule has 0 unspecified atom stereocenters. The van der Waals surface area contributed by atoms with Crippen LogP contribution in [0.15, 0.2) is 67.0 Å². The molecule has 0 spiro atoms. The van der Waals surface area contributed by atoms with Gasteiger partial charge < -0.3 is 15.0 Å². The first-order valence-corrected chi connectivity index (χ1v) is 9.40. The smallest absolute Gasteiger partial charge is 0.317 e. The van der Waals surface area contributed by atoms with E-state index in [0.717, 1.165) is 5.56 Å². The number of urea groups is 1. The Bertz CT molecular complexity index is 898. The van der Waals surface area contributed by atoms with E-state index in [0.29, 0.717) is 37.0 Å². The summed E-state index contributed by atoms with van der Waals surface area (Å²) in [5.41, 5.74) is 2.13. The third-order valence-corrected chi connectivity index (χ3v) is 4.39. The Morgan fingerprint density at radius 3 is 2.79 bits per heavy atom. The molecule has 1 N–H and O–H groups in total. The van der Waals surface area contributed by atoms with E-state index in [9.17, 15) is 4.79 Å². The molecule has 0 aliphatic rings. The van der Waals surface area contributed by atoms with Crippen LogP contribution in [0.25, 0.3) is 0 Å². The fourth-order valence-corrected chi connectivity index (χ4v) is 2.81. The summed E-state index contributed by atoms with van der Waals surface area (Å²) >= 11 is 5.92. The van der Waals surface area contributed by atoms with Crippen LogP contribution in [0.2, 0.25) is 5.02 Å². The van der Waals surface area contributed by atoms with E-state index < -0.39 is 0 Å². The average Bonchev–Trinajstić information content (AvgIpc) is 3.14. The summed E-state index contributed by atoms with van der Waals surface area (Å²) in [6.45, 7) is 1.98. The maximum absolute atomic E-state index is 12.2. The SMILES string of the molecule is CN(CCOc1cccc(Cl)c1)C(=O)NCc1cnn(Cc2ccccc2)c1. The lowest BCUT2D eigenvalue weighted by molar-refractivity contribution is 0.195. The van der Waals surface area contributed by atoms with Crippen molar-refractivity contribution >= 4 is 17.6 Å². The summed E-state index contributed by atoms with van der Waals surface area (Å²) in [6, 6.07) is 17.1. The lowest BCUT2D eigenvalue weighted by atomic mass is 10.2. The number of nitrogens with one attached hydrogen (secondary N) is 1. The van der Waals surface area contributed by atoms with Crippen LogP contribution < -0.4 is 10.1 Å². The fourth-order valence-electron chi connectivity index (χ4n) is 2.63. The molecular weight excluding hydrogens is 376 g/mol. The zero-order valence-electron chi connectivity index (χ0n) is 15.7. The molecule has 0 aliphatic carbocycles. The Morgan fingerprint density at radius 1 is 1.18 bits per heavy atom. The monoisotopic (exact) mass is 398 g/mol. The molecule has 3 aromatic rings. The van der Waals surface area contributed by atoms with E-state index in [1.54, 1.807) is 30.3 Å². The first-order valence-electron chi connectivity index (χ1n) is 9.03. The van der Waals surface area contributed by atoms with Crippen molar-refractivity contribution in [2.75, 3.05) is 20.2 Å². The summed E-state index contributed by atoms with van der Waals surface area (Å²) in [4.78, 5) is 13.8. The maximum Gasteiger partial charge on any atom is 0.317 e. The fraction of sp³-hybridized carbons (Fsp3) is 0.238. The number of hydrogen-bond acceptors (Lipinski definition) is 3. The van der Waals surface area contributed by atoms with E-state index in [1.165, 1.54) is 5.56 Å². The molecule has 6 nitrogen and oxygen atoms in total. The van der Waals surface area contributed by atoms with Crippen molar-refractivity contribution in [3.63, 3.8) is 0 Å². The van der Waals surface area contributed by atoms with Crippen molar-refractivity contribution in [2.24, 2.45) is 0 Å². The molecule has 0 bridgehead atoms.